The minimum absolute atomic E-state index is 0.736. The average Bonchev–Trinajstić information content (AvgIpc) is 2.56. The van der Waals surface area contributed by atoms with Crippen LogP contribution < -0.4 is 5.73 Å². The van der Waals surface area contributed by atoms with Crippen LogP contribution in [0.5, 0.6) is 0 Å². The Bertz CT molecular complexity index is 750. The first-order chi connectivity index (χ1) is 10.3. The van der Waals surface area contributed by atoms with Crippen LogP contribution in [0.2, 0.25) is 0 Å². The lowest BCUT2D eigenvalue weighted by Crippen LogP contribution is -1.89. The lowest BCUT2D eigenvalue weighted by Gasteiger charge is -2.06. The summed E-state index contributed by atoms with van der Waals surface area (Å²) in [7, 11) is 0. The fourth-order valence-electron chi connectivity index (χ4n) is 2.08. The van der Waals surface area contributed by atoms with Gasteiger partial charge in [0.2, 0.25) is 0 Å². The molecule has 0 saturated heterocycles. The molecule has 0 spiro atoms. The Labute approximate surface area is 123 Å². The van der Waals surface area contributed by atoms with Crippen molar-refractivity contribution < 1.29 is 0 Å². The number of nitrogen functional groups attached to an aromatic ring is 1. The number of anilines is 1. The molecule has 0 bridgehead atoms. The zero-order chi connectivity index (χ0) is 14.5. The molecule has 3 heteroatoms. The van der Waals surface area contributed by atoms with E-state index in [1.165, 1.54) is 0 Å². The molecule has 3 aromatic rings. The molecule has 0 aliphatic rings. The Morgan fingerprint density at radius 2 is 1.24 bits per heavy atom. The first-order valence-corrected chi connectivity index (χ1v) is 6.75. The van der Waals surface area contributed by atoms with E-state index in [1.807, 2.05) is 78.9 Å². The zero-order valence-electron chi connectivity index (χ0n) is 11.5. The highest BCUT2D eigenvalue weighted by Crippen LogP contribution is 2.30. The fourth-order valence-corrected chi connectivity index (χ4v) is 2.08. The molecule has 0 aliphatic carbocycles. The summed E-state index contributed by atoms with van der Waals surface area (Å²) in [4.78, 5) is 0. The van der Waals surface area contributed by atoms with E-state index in [0.717, 1.165) is 28.2 Å². The predicted octanol–water partition coefficient (Wildman–Crippen LogP) is 5.35. The summed E-state index contributed by atoms with van der Waals surface area (Å²) in [6, 6.07) is 25.4. The van der Waals surface area contributed by atoms with Crippen LogP contribution in [-0.2, 0) is 0 Å². The molecule has 102 valence electrons. The summed E-state index contributed by atoms with van der Waals surface area (Å²) in [5.74, 6) is 0. The van der Waals surface area contributed by atoms with Gasteiger partial charge in [-0.05, 0) is 35.9 Å². The Balaban J connectivity index is 1.93. The van der Waals surface area contributed by atoms with E-state index >= 15 is 0 Å². The van der Waals surface area contributed by atoms with Crippen LogP contribution in [0.15, 0.2) is 89.1 Å². The maximum absolute atomic E-state index is 6.06. The van der Waals surface area contributed by atoms with Gasteiger partial charge in [-0.2, -0.15) is 10.2 Å². The molecule has 0 atom stereocenters. The minimum Gasteiger partial charge on any atom is -0.398 e. The van der Waals surface area contributed by atoms with Crippen molar-refractivity contribution in [3.05, 3.63) is 78.9 Å². The third-order valence-corrected chi connectivity index (χ3v) is 3.16. The fraction of sp³-hybridized carbons (Fsp3) is 0. The quantitative estimate of drug-likeness (QED) is 0.507. The highest BCUT2D eigenvalue weighted by molar-refractivity contribution is 5.78. The molecular formula is C18H15N3. The van der Waals surface area contributed by atoms with Crippen LogP contribution in [0.4, 0.5) is 17.1 Å². The summed E-state index contributed by atoms with van der Waals surface area (Å²) in [6.45, 7) is 0. The van der Waals surface area contributed by atoms with Crippen molar-refractivity contribution in [2.24, 2.45) is 10.2 Å². The molecule has 0 aliphatic heterocycles. The number of azo groups is 1. The number of hydrogen-bond donors (Lipinski definition) is 1. The molecule has 0 radical (unpaired) electrons. The molecule has 3 rings (SSSR count). The van der Waals surface area contributed by atoms with E-state index in [-0.39, 0.29) is 0 Å². The Hall–Kier alpha value is -2.94. The molecule has 21 heavy (non-hydrogen) atoms. The maximum Gasteiger partial charge on any atom is 0.0864 e. The summed E-state index contributed by atoms with van der Waals surface area (Å²) in [5, 5.41) is 8.50. The SMILES string of the molecule is Nc1ccc(/N=N/c2ccccc2)cc1-c1ccccc1. The molecule has 3 aromatic carbocycles. The third kappa shape index (κ3) is 3.15. The second-order valence-electron chi connectivity index (χ2n) is 4.67. The van der Waals surface area contributed by atoms with Gasteiger partial charge in [-0.3, -0.25) is 0 Å². The smallest absolute Gasteiger partial charge is 0.0864 e. The molecule has 0 amide bonds. The van der Waals surface area contributed by atoms with Gasteiger partial charge in [0.15, 0.2) is 0 Å². The van der Waals surface area contributed by atoms with Gasteiger partial charge in [-0.1, -0.05) is 48.5 Å². The van der Waals surface area contributed by atoms with Gasteiger partial charge in [0.1, 0.15) is 0 Å². The topological polar surface area (TPSA) is 50.7 Å². The van der Waals surface area contributed by atoms with Gasteiger partial charge in [0.05, 0.1) is 11.4 Å². The molecule has 0 aromatic heterocycles. The summed E-state index contributed by atoms with van der Waals surface area (Å²) in [6.07, 6.45) is 0. The van der Waals surface area contributed by atoms with Crippen molar-refractivity contribution in [2.75, 3.05) is 5.73 Å². The van der Waals surface area contributed by atoms with Crippen LogP contribution in [-0.4, -0.2) is 0 Å². The van der Waals surface area contributed by atoms with Gasteiger partial charge in [-0.15, -0.1) is 0 Å². The average molecular weight is 273 g/mol. The molecular weight excluding hydrogens is 258 g/mol. The number of rotatable bonds is 3. The predicted molar refractivity (Wildman–Crippen MR) is 86.9 cm³/mol. The maximum atomic E-state index is 6.06. The van der Waals surface area contributed by atoms with Crippen LogP contribution in [0, 0.1) is 0 Å². The lowest BCUT2D eigenvalue weighted by atomic mass is 10.0. The summed E-state index contributed by atoms with van der Waals surface area (Å²) in [5.41, 5.74) is 10.5. The molecule has 0 unspecified atom stereocenters. The number of nitrogens with zero attached hydrogens (tertiary/aromatic N) is 2. The first kappa shape index (κ1) is 13.1. The second-order valence-corrected chi connectivity index (χ2v) is 4.67. The number of hydrogen-bond acceptors (Lipinski definition) is 3. The van der Waals surface area contributed by atoms with Gasteiger partial charge in [0, 0.05) is 11.3 Å². The van der Waals surface area contributed by atoms with E-state index in [1.54, 1.807) is 0 Å². The molecule has 3 nitrogen and oxygen atoms in total. The van der Waals surface area contributed by atoms with Crippen molar-refractivity contribution in [1.29, 1.82) is 0 Å². The molecule has 0 fully saturated rings. The second kappa shape index (κ2) is 6.01. The zero-order valence-corrected chi connectivity index (χ0v) is 11.5. The van der Waals surface area contributed by atoms with Crippen LogP contribution in [0.1, 0.15) is 0 Å². The van der Waals surface area contributed by atoms with E-state index in [9.17, 15) is 0 Å². The van der Waals surface area contributed by atoms with Crippen molar-refractivity contribution >= 4 is 17.1 Å². The van der Waals surface area contributed by atoms with Crippen molar-refractivity contribution in [3.8, 4) is 11.1 Å². The van der Waals surface area contributed by atoms with Gasteiger partial charge in [0.25, 0.3) is 0 Å². The largest absolute Gasteiger partial charge is 0.398 e. The molecule has 0 heterocycles. The number of nitrogens with two attached hydrogens (primary N) is 1. The summed E-state index contributed by atoms with van der Waals surface area (Å²) >= 11 is 0. The Morgan fingerprint density at radius 1 is 0.619 bits per heavy atom. The van der Waals surface area contributed by atoms with Crippen molar-refractivity contribution in [3.63, 3.8) is 0 Å². The Morgan fingerprint density at radius 3 is 1.95 bits per heavy atom. The lowest BCUT2D eigenvalue weighted by molar-refractivity contribution is 1.23. The van der Waals surface area contributed by atoms with E-state index < -0.39 is 0 Å². The highest BCUT2D eigenvalue weighted by atomic mass is 15.1. The van der Waals surface area contributed by atoms with Crippen LogP contribution in [0.25, 0.3) is 11.1 Å². The highest BCUT2D eigenvalue weighted by Gasteiger charge is 2.03. The normalized spacial score (nSPS) is 10.9. The van der Waals surface area contributed by atoms with Gasteiger partial charge < -0.3 is 5.73 Å². The van der Waals surface area contributed by atoms with Crippen molar-refractivity contribution in [2.45, 2.75) is 0 Å². The van der Waals surface area contributed by atoms with E-state index in [2.05, 4.69) is 10.2 Å². The minimum atomic E-state index is 0.736. The van der Waals surface area contributed by atoms with Crippen molar-refractivity contribution in [1.82, 2.24) is 0 Å². The van der Waals surface area contributed by atoms with Crippen LogP contribution >= 0.6 is 0 Å². The Kier molecular flexibility index (Phi) is 3.74. The van der Waals surface area contributed by atoms with E-state index in [4.69, 9.17) is 5.73 Å². The number of benzene rings is 3. The third-order valence-electron chi connectivity index (χ3n) is 3.16. The molecule has 0 saturated carbocycles. The van der Waals surface area contributed by atoms with Crippen LogP contribution in [0.3, 0.4) is 0 Å². The monoisotopic (exact) mass is 273 g/mol. The first-order valence-electron chi connectivity index (χ1n) is 6.75. The standard InChI is InChI=1S/C18H15N3/c19-18-12-11-16(21-20-15-9-5-2-6-10-15)13-17(18)14-7-3-1-4-8-14/h1-13H,19H2/b21-20+. The van der Waals surface area contributed by atoms with Gasteiger partial charge in [-0.25, -0.2) is 0 Å². The molecule has 2 N–H and O–H groups in total. The summed E-state index contributed by atoms with van der Waals surface area (Å²) < 4.78 is 0. The van der Waals surface area contributed by atoms with E-state index in [0.29, 0.717) is 0 Å². The van der Waals surface area contributed by atoms with Gasteiger partial charge >= 0.3 is 0 Å².